The first-order valence-electron chi connectivity index (χ1n) is 13.7. The summed E-state index contributed by atoms with van der Waals surface area (Å²) in [6, 6.07) is 52.1. The number of nitriles is 2. The van der Waals surface area contributed by atoms with Crippen molar-refractivity contribution in [2.24, 2.45) is 0 Å². The molecule has 0 atom stereocenters. The Morgan fingerprint density at radius 3 is 1.33 bits per heavy atom. The van der Waals surface area contributed by atoms with Crippen molar-refractivity contribution in [2.75, 3.05) is 9.80 Å². The monoisotopic (exact) mass is 556 g/mol. The van der Waals surface area contributed by atoms with Crippen molar-refractivity contribution in [3.05, 3.63) is 163 Å². The predicted octanol–water partition coefficient (Wildman–Crippen LogP) is 8.28. The molecule has 198 valence electrons. The molecule has 0 saturated carbocycles. The third kappa shape index (κ3) is 3.82. The molecule has 2 heterocycles. The van der Waals surface area contributed by atoms with Crippen LogP contribution in [0.25, 0.3) is 0 Å². The van der Waals surface area contributed by atoms with E-state index in [2.05, 4.69) is 58.3 Å². The highest BCUT2D eigenvalue weighted by Gasteiger charge is 2.37. The van der Waals surface area contributed by atoms with Crippen molar-refractivity contribution in [2.45, 2.75) is 0 Å². The quantitative estimate of drug-likeness (QED) is 0.209. The summed E-state index contributed by atoms with van der Waals surface area (Å²) < 4.78 is 0. The number of nitrogens with zero attached hydrogens (tertiary/aromatic N) is 4. The highest BCUT2D eigenvalue weighted by molar-refractivity contribution is 7.93. The van der Waals surface area contributed by atoms with E-state index in [1.54, 1.807) is 0 Å². The van der Waals surface area contributed by atoms with Crippen LogP contribution in [0.15, 0.2) is 163 Å². The molecule has 2 aliphatic rings. The Kier molecular flexibility index (Phi) is 6.33. The lowest BCUT2D eigenvalue weighted by Crippen LogP contribution is -2.29. The fraction of sp³-hybridized carbons (Fsp3) is 0. The van der Waals surface area contributed by atoms with Gasteiger partial charge in [0.25, 0.3) is 0 Å². The maximum atomic E-state index is 10.8. The minimum absolute atomic E-state index is 0.606. The molecule has 0 fully saturated rings. The lowest BCUT2D eigenvalue weighted by molar-refractivity contribution is 1.13. The largest absolute Gasteiger partial charge is 0.306 e. The van der Waals surface area contributed by atoms with E-state index in [4.69, 9.17) is 0 Å². The molecule has 5 aromatic carbocycles. The van der Waals surface area contributed by atoms with Crippen LogP contribution < -0.4 is 20.4 Å². The minimum atomic E-state index is -2.69. The van der Waals surface area contributed by atoms with Crippen molar-refractivity contribution in [1.29, 1.82) is 10.5 Å². The first kappa shape index (κ1) is 25.4. The van der Waals surface area contributed by atoms with Crippen molar-refractivity contribution in [1.82, 2.24) is 0 Å². The van der Waals surface area contributed by atoms with Crippen LogP contribution in [0.3, 0.4) is 0 Å². The summed E-state index contributed by atoms with van der Waals surface area (Å²) in [5.41, 5.74) is 5.84. The molecule has 0 spiro atoms. The second-order valence-electron chi connectivity index (χ2n) is 10.0. The summed E-state index contributed by atoms with van der Waals surface area (Å²) in [6.07, 6.45) is 4.00. The number of anilines is 5. The Labute approximate surface area is 245 Å². The molecule has 5 aromatic rings. The van der Waals surface area contributed by atoms with Crippen LogP contribution in [-0.2, 0) is 0 Å². The molecule has 4 nitrogen and oxygen atoms in total. The van der Waals surface area contributed by atoms with Crippen molar-refractivity contribution in [3.63, 3.8) is 0 Å². The Hall–Kier alpha value is -5.54. The Morgan fingerprint density at radius 2 is 0.881 bits per heavy atom. The average Bonchev–Trinajstić information content (AvgIpc) is 3.07. The molecule has 5 heteroatoms. The van der Waals surface area contributed by atoms with Gasteiger partial charge in [0.2, 0.25) is 0 Å². The zero-order chi connectivity index (χ0) is 28.5. The number of hydrogen-bond acceptors (Lipinski definition) is 4. The van der Waals surface area contributed by atoms with E-state index < -0.39 is 6.89 Å². The first-order chi connectivity index (χ1) is 20.8. The third-order valence-electron chi connectivity index (χ3n) is 7.81. The van der Waals surface area contributed by atoms with E-state index in [-0.39, 0.29) is 0 Å². The van der Waals surface area contributed by atoms with Crippen LogP contribution in [0.2, 0.25) is 0 Å². The highest BCUT2D eigenvalue weighted by Crippen LogP contribution is 2.59. The number of rotatable bonds is 4. The standard InChI is InChI=1S/C37H25N4P/c38-26-32-24-29(25-33(27-39)42(32,30-16-6-2-7-17-30)31-18-8-3-9-19-31)41-36-22-12-10-20-34(36)40(28-14-4-1-5-15-28)35-21-11-13-23-37(35)41/h1-25H. The normalized spacial score (nSPS) is 15.0. The lowest BCUT2D eigenvalue weighted by Gasteiger charge is -2.41. The molecule has 2 aliphatic heterocycles. The molecular formula is C37H25N4P. The summed E-state index contributed by atoms with van der Waals surface area (Å²) in [7, 11) is 0. The van der Waals surface area contributed by atoms with Gasteiger partial charge in [-0.25, -0.2) is 0 Å². The SMILES string of the molecule is N#CC1=CC(N2c3ccccc3N(c3ccccc3)c3ccccc32)=CC(C#N)=P1(c1ccccc1)c1ccccc1. The van der Waals surface area contributed by atoms with Crippen LogP contribution in [-0.4, -0.2) is 5.29 Å². The van der Waals surface area contributed by atoms with Gasteiger partial charge in [0, 0.05) is 18.3 Å². The molecular weight excluding hydrogens is 531 g/mol. The van der Waals surface area contributed by atoms with Gasteiger partial charge in [-0.2, -0.15) is 10.5 Å². The molecule has 42 heavy (non-hydrogen) atoms. The van der Waals surface area contributed by atoms with Gasteiger partial charge in [-0.15, -0.1) is 0 Å². The van der Waals surface area contributed by atoms with Gasteiger partial charge in [0.05, 0.1) is 33.4 Å². The molecule has 0 unspecified atom stereocenters. The molecule has 0 bridgehead atoms. The lowest BCUT2D eigenvalue weighted by atomic mass is 10.0. The molecule has 0 saturated heterocycles. The fourth-order valence-electron chi connectivity index (χ4n) is 6.08. The number of benzene rings is 5. The zero-order valence-electron chi connectivity index (χ0n) is 22.7. The van der Waals surface area contributed by atoms with Crippen molar-refractivity contribution >= 4 is 51.2 Å². The van der Waals surface area contributed by atoms with Crippen LogP contribution in [0.5, 0.6) is 0 Å². The topological polar surface area (TPSA) is 54.1 Å². The van der Waals surface area contributed by atoms with Gasteiger partial charge in [0.15, 0.2) is 0 Å². The van der Waals surface area contributed by atoms with E-state index in [1.807, 2.05) is 115 Å². The van der Waals surface area contributed by atoms with Gasteiger partial charge in [-0.1, -0.05) is 103 Å². The van der Waals surface area contributed by atoms with Gasteiger partial charge in [-0.05, 0) is 59.2 Å². The predicted molar refractivity (Wildman–Crippen MR) is 175 cm³/mol. The second-order valence-corrected chi connectivity index (χ2v) is 13.4. The number of para-hydroxylation sites is 5. The maximum Gasteiger partial charge on any atom is 0.100 e. The van der Waals surface area contributed by atoms with E-state index in [0.29, 0.717) is 10.6 Å². The highest BCUT2D eigenvalue weighted by atomic mass is 31.2. The maximum absolute atomic E-state index is 10.8. The van der Waals surface area contributed by atoms with E-state index in [0.717, 1.165) is 44.7 Å². The summed E-state index contributed by atoms with van der Waals surface area (Å²) >= 11 is 0. The van der Waals surface area contributed by atoms with E-state index in [1.165, 1.54) is 0 Å². The fourth-order valence-corrected chi connectivity index (χ4v) is 9.94. The van der Waals surface area contributed by atoms with Crippen LogP contribution >= 0.6 is 6.89 Å². The zero-order valence-corrected chi connectivity index (χ0v) is 23.6. The van der Waals surface area contributed by atoms with Gasteiger partial charge in [-0.3, -0.25) is 0 Å². The Bertz CT molecular complexity index is 1920. The summed E-state index contributed by atoms with van der Waals surface area (Å²) in [5.74, 6) is 0. The molecule has 0 amide bonds. The summed E-state index contributed by atoms with van der Waals surface area (Å²) in [4.78, 5) is 4.45. The smallest absolute Gasteiger partial charge is 0.100 e. The van der Waals surface area contributed by atoms with Crippen LogP contribution in [0, 0.1) is 22.7 Å². The van der Waals surface area contributed by atoms with E-state index >= 15 is 0 Å². The number of hydrogen-bond donors (Lipinski definition) is 0. The van der Waals surface area contributed by atoms with E-state index in [9.17, 15) is 10.5 Å². The minimum Gasteiger partial charge on any atom is -0.306 e. The van der Waals surface area contributed by atoms with Gasteiger partial charge >= 0.3 is 0 Å². The van der Waals surface area contributed by atoms with Crippen LogP contribution in [0.4, 0.5) is 28.4 Å². The Morgan fingerprint density at radius 1 is 0.452 bits per heavy atom. The summed E-state index contributed by atoms with van der Waals surface area (Å²) in [5, 5.41) is 24.8. The average molecular weight is 557 g/mol. The molecule has 0 radical (unpaired) electrons. The second kappa shape index (κ2) is 10.5. The van der Waals surface area contributed by atoms with Crippen molar-refractivity contribution in [3.8, 4) is 12.1 Å². The Balaban J connectivity index is 1.53. The molecule has 7 rings (SSSR count). The molecule has 0 N–H and O–H groups in total. The van der Waals surface area contributed by atoms with Crippen LogP contribution in [0.1, 0.15) is 0 Å². The van der Waals surface area contributed by atoms with Gasteiger partial charge in [0.1, 0.15) is 12.1 Å². The number of allylic oxidation sites excluding steroid dienone is 3. The molecule has 0 aromatic heterocycles. The van der Waals surface area contributed by atoms with Crippen molar-refractivity contribution < 1.29 is 0 Å². The van der Waals surface area contributed by atoms with Gasteiger partial charge < -0.3 is 9.80 Å². The summed E-state index contributed by atoms with van der Waals surface area (Å²) in [6.45, 7) is -2.69. The molecule has 0 aliphatic carbocycles. The first-order valence-corrected chi connectivity index (χ1v) is 15.5. The third-order valence-corrected chi connectivity index (χ3v) is 11.9. The number of fused-ring (bicyclic) bond motifs is 2.